The predicted octanol–water partition coefficient (Wildman–Crippen LogP) is 3.53. The second-order valence-electron chi connectivity index (χ2n) is 5.90. The Hall–Kier alpha value is -2.43. The molecule has 2 N–H and O–H groups in total. The Bertz CT molecular complexity index is 775. The molecule has 0 bridgehead atoms. The van der Waals surface area contributed by atoms with Crippen molar-refractivity contribution in [2.45, 2.75) is 13.1 Å². The largest absolute Gasteiger partial charge is 0.359 e. The van der Waals surface area contributed by atoms with Gasteiger partial charge in [-0.25, -0.2) is 0 Å². The van der Waals surface area contributed by atoms with Crippen LogP contribution in [0.4, 0.5) is 0 Å². The van der Waals surface area contributed by atoms with Crippen molar-refractivity contribution in [2.24, 2.45) is 5.73 Å². The van der Waals surface area contributed by atoms with Crippen LogP contribution < -0.4 is 5.73 Å². The summed E-state index contributed by atoms with van der Waals surface area (Å²) >= 11 is 0. The van der Waals surface area contributed by atoms with Gasteiger partial charge in [-0.05, 0) is 36.9 Å². The van der Waals surface area contributed by atoms with E-state index in [-0.39, 0.29) is 0 Å². The lowest BCUT2D eigenvalue weighted by Gasteiger charge is -2.11. The fraction of sp³-hybridized carbons (Fsp3) is 0.211. The third-order valence-electron chi connectivity index (χ3n) is 3.70. The van der Waals surface area contributed by atoms with Gasteiger partial charge in [0.15, 0.2) is 5.76 Å². The van der Waals surface area contributed by atoms with Gasteiger partial charge in [-0.2, -0.15) is 0 Å². The molecule has 0 atom stereocenters. The molecule has 0 radical (unpaired) electrons. The Labute approximate surface area is 136 Å². The first-order chi connectivity index (χ1) is 11.2. The van der Waals surface area contributed by atoms with E-state index in [9.17, 15) is 0 Å². The molecule has 4 heteroatoms. The number of nitrogens with zero attached hydrogens (tertiary/aromatic N) is 2. The van der Waals surface area contributed by atoms with Crippen molar-refractivity contribution in [3.63, 3.8) is 0 Å². The van der Waals surface area contributed by atoms with Gasteiger partial charge in [0.05, 0.1) is 6.54 Å². The molecule has 4 nitrogen and oxygen atoms in total. The fourth-order valence-electron chi connectivity index (χ4n) is 2.59. The van der Waals surface area contributed by atoms with Gasteiger partial charge in [0.25, 0.3) is 0 Å². The Balaban J connectivity index is 1.84. The van der Waals surface area contributed by atoms with Crippen LogP contribution in [0, 0.1) is 0 Å². The van der Waals surface area contributed by atoms with E-state index in [1.807, 2.05) is 6.07 Å². The van der Waals surface area contributed by atoms with E-state index in [0.717, 1.165) is 17.8 Å². The van der Waals surface area contributed by atoms with Crippen molar-refractivity contribution in [3.05, 3.63) is 65.9 Å². The summed E-state index contributed by atoms with van der Waals surface area (Å²) in [5.41, 5.74) is 11.1. The van der Waals surface area contributed by atoms with Crippen LogP contribution in [-0.2, 0) is 13.1 Å². The van der Waals surface area contributed by atoms with Crippen LogP contribution in [0.1, 0.15) is 11.3 Å². The van der Waals surface area contributed by atoms with Gasteiger partial charge in [0, 0.05) is 18.2 Å². The third kappa shape index (κ3) is 3.67. The Morgan fingerprint density at radius 1 is 0.957 bits per heavy atom. The Kier molecular flexibility index (Phi) is 4.55. The van der Waals surface area contributed by atoms with Crippen LogP contribution in [0.3, 0.4) is 0 Å². The molecule has 0 aliphatic carbocycles. The first-order valence-corrected chi connectivity index (χ1v) is 7.66. The van der Waals surface area contributed by atoms with Crippen LogP contribution in [0.25, 0.3) is 22.4 Å². The molecule has 118 valence electrons. The van der Waals surface area contributed by atoms with Gasteiger partial charge in [0.1, 0.15) is 5.69 Å². The number of hydrogen-bond acceptors (Lipinski definition) is 4. The van der Waals surface area contributed by atoms with Crippen LogP contribution in [-0.4, -0.2) is 24.2 Å². The summed E-state index contributed by atoms with van der Waals surface area (Å²) in [6.45, 7) is 1.30. The summed E-state index contributed by atoms with van der Waals surface area (Å²) < 4.78 is 5.16. The highest BCUT2D eigenvalue weighted by Gasteiger charge is 2.06. The molecule has 0 amide bonds. The van der Waals surface area contributed by atoms with Crippen molar-refractivity contribution in [3.8, 4) is 22.4 Å². The molecule has 0 aliphatic rings. The number of rotatable bonds is 5. The molecule has 0 saturated carbocycles. The molecule has 2 aromatic carbocycles. The monoisotopic (exact) mass is 307 g/mol. The van der Waals surface area contributed by atoms with E-state index in [4.69, 9.17) is 10.3 Å². The van der Waals surface area contributed by atoms with E-state index >= 15 is 0 Å². The molecular formula is C19H21N3O. The highest BCUT2D eigenvalue weighted by atomic mass is 16.5. The minimum absolute atomic E-state index is 0.365. The molecule has 0 aliphatic heterocycles. The van der Waals surface area contributed by atoms with Crippen LogP contribution in [0.15, 0.2) is 59.1 Å². The average Bonchev–Trinajstić information content (AvgIpc) is 3.04. The maximum Gasteiger partial charge on any atom is 0.150 e. The quantitative estimate of drug-likeness (QED) is 0.783. The van der Waals surface area contributed by atoms with Gasteiger partial charge in [-0.15, -0.1) is 0 Å². The minimum atomic E-state index is 0.365. The summed E-state index contributed by atoms with van der Waals surface area (Å²) in [7, 11) is 4.16. The van der Waals surface area contributed by atoms with Gasteiger partial charge in [-0.3, -0.25) is 0 Å². The Morgan fingerprint density at radius 2 is 1.70 bits per heavy atom. The summed E-state index contributed by atoms with van der Waals surface area (Å²) in [5.74, 6) is 0.695. The standard InChI is InChI=1S/C19H21N3O/c1-22(2)13-14-4-3-5-17(10-14)15-6-8-16(9-7-15)19-11-18(12-20)23-21-19/h3-11H,12-13,20H2,1-2H3. The maximum absolute atomic E-state index is 5.55. The lowest BCUT2D eigenvalue weighted by atomic mass is 10.0. The lowest BCUT2D eigenvalue weighted by molar-refractivity contribution is 0.387. The number of aromatic nitrogens is 1. The molecular weight excluding hydrogens is 286 g/mol. The number of nitrogens with two attached hydrogens (primary N) is 1. The zero-order valence-electron chi connectivity index (χ0n) is 13.5. The second kappa shape index (κ2) is 6.77. The van der Waals surface area contributed by atoms with Crippen molar-refractivity contribution < 1.29 is 4.52 Å². The number of benzene rings is 2. The van der Waals surface area contributed by atoms with Crippen molar-refractivity contribution in [1.29, 1.82) is 0 Å². The average molecular weight is 307 g/mol. The van der Waals surface area contributed by atoms with E-state index in [1.54, 1.807) is 0 Å². The predicted molar refractivity (Wildman–Crippen MR) is 92.7 cm³/mol. The Morgan fingerprint density at radius 3 is 2.35 bits per heavy atom. The third-order valence-corrected chi connectivity index (χ3v) is 3.70. The maximum atomic E-state index is 5.55. The molecule has 3 aromatic rings. The summed E-state index contributed by atoms with van der Waals surface area (Å²) in [5, 5.41) is 4.05. The van der Waals surface area contributed by atoms with Gasteiger partial charge >= 0.3 is 0 Å². The van der Waals surface area contributed by atoms with E-state index < -0.39 is 0 Å². The molecule has 23 heavy (non-hydrogen) atoms. The van der Waals surface area contributed by atoms with Crippen LogP contribution >= 0.6 is 0 Å². The zero-order valence-corrected chi connectivity index (χ0v) is 13.5. The smallest absolute Gasteiger partial charge is 0.150 e. The van der Waals surface area contributed by atoms with Gasteiger partial charge in [-0.1, -0.05) is 47.6 Å². The van der Waals surface area contributed by atoms with Crippen molar-refractivity contribution in [1.82, 2.24) is 10.1 Å². The molecule has 3 rings (SSSR count). The topological polar surface area (TPSA) is 55.3 Å². The highest BCUT2D eigenvalue weighted by Crippen LogP contribution is 2.25. The number of hydrogen-bond donors (Lipinski definition) is 1. The van der Waals surface area contributed by atoms with Crippen molar-refractivity contribution >= 4 is 0 Å². The highest BCUT2D eigenvalue weighted by molar-refractivity contribution is 5.69. The van der Waals surface area contributed by atoms with Crippen molar-refractivity contribution in [2.75, 3.05) is 14.1 Å². The fourth-order valence-corrected chi connectivity index (χ4v) is 2.59. The lowest BCUT2D eigenvalue weighted by Crippen LogP contribution is -2.10. The summed E-state index contributed by atoms with van der Waals surface area (Å²) in [4.78, 5) is 2.17. The van der Waals surface area contributed by atoms with Gasteiger partial charge in [0.2, 0.25) is 0 Å². The minimum Gasteiger partial charge on any atom is -0.359 e. The molecule has 0 unspecified atom stereocenters. The molecule has 0 spiro atoms. The first-order valence-electron chi connectivity index (χ1n) is 7.66. The van der Waals surface area contributed by atoms with Gasteiger partial charge < -0.3 is 15.2 Å². The zero-order chi connectivity index (χ0) is 16.2. The molecule has 0 fully saturated rings. The molecule has 0 saturated heterocycles. The molecule has 1 aromatic heterocycles. The first kappa shape index (κ1) is 15.5. The SMILES string of the molecule is CN(C)Cc1cccc(-c2ccc(-c3cc(CN)on3)cc2)c1. The normalized spacial score (nSPS) is 11.1. The van der Waals surface area contributed by atoms with Crippen LogP contribution in [0.2, 0.25) is 0 Å². The molecule has 1 heterocycles. The van der Waals surface area contributed by atoms with E-state index in [0.29, 0.717) is 12.3 Å². The van der Waals surface area contributed by atoms with E-state index in [1.165, 1.54) is 16.7 Å². The van der Waals surface area contributed by atoms with Crippen LogP contribution in [0.5, 0.6) is 0 Å². The second-order valence-corrected chi connectivity index (χ2v) is 5.90. The summed E-state index contributed by atoms with van der Waals surface area (Å²) in [6, 6.07) is 18.9. The van der Waals surface area contributed by atoms with E-state index in [2.05, 4.69) is 72.7 Å². The summed E-state index contributed by atoms with van der Waals surface area (Å²) in [6.07, 6.45) is 0.